The number of rotatable bonds is 12. The highest BCUT2D eigenvalue weighted by atomic mass is 15.2. The summed E-state index contributed by atoms with van der Waals surface area (Å²) in [4.78, 5) is 6.07. The van der Waals surface area contributed by atoms with Gasteiger partial charge in [-0.15, -0.1) is 0 Å². The number of hydrogen-bond acceptors (Lipinski definition) is 2. The first kappa shape index (κ1) is 33.3. The van der Waals surface area contributed by atoms with Gasteiger partial charge in [-0.25, -0.2) is 0 Å². The van der Waals surface area contributed by atoms with Crippen LogP contribution >= 0.6 is 0 Å². The molecule has 1 heterocycles. The highest BCUT2D eigenvalue weighted by molar-refractivity contribution is 5.90. The van der Waals surface area contributed by atoms with Crippen molar-refractivity contribution in [1.82, 2.24) is 9.88 Å². The van der Waals surface area contributed by atoms with Gasteiger partial charge in [0.25, 0.3) is 0 Å². The van der Waals surface area contributed by atoms with E-state index >= 15 is 0 Å². The number of nitrogens with one attached hydrogen (secondary N) is 2. The van der Waals surface area contributed by atoms with Crippen molar-refractivity contribution in [1.29, 1.82) is 0 Å². The van der Waals surface area contributed by atoms with Crippen LogP contribution in [0, 0.1) is 12.8 Å². The highest BCUT2D eigenvalue weighted by Gasteiger charge is 2.29. The lowest BCUT2D eigenvalue weighted by Crippen LogP contribution is -2.28. The summed E-state index contributed by atoms with van der Waals surface area (Å²) in [5.74, 6) is 0.296. The van der Waals surface area contributed by atoms with E-state index < -0.39 is 0 Å². The number of anilines is 1. The maximum absolute atomic E-state index is 4.37. The number of para-hydroxylation sites is 2. The van der Waals surface area contributed by atoms with Gasteiger partial charge in [-0.2, -0.15) is 0 Å². The Balaban J connectivity index is 1.65. The zero-order valence-electron chi connectivity index (χ0n) is 28.5. The lowest BCUT2D eigenvalue weighted by atomic mass is 9.88. The minimum Gasteiger partial charge on any atom is -0.358 e. The van der Waals surface area contributed by atoms with Crippen LogP contribution in [0.5, 0.6) is 0 Å². The summed E-state index contributed by atoms with van der Waals surface area (Å²) in [6.45, 7) is 17.3. The van der Waals surface area contributed by atoms with E-state index in [1.165, 1.54) is 39.0 Å². The first-order valence-electron chi connectivity index (χ1n) is 16.9. The molecule has 1 unspecified atom stereocenters. The van der Waals surface area contributed by atoms with Crippen molar-refractivity contribution in [2.75, 3.05) is 5.32 Å². The smallest absolute Gasteiger partial charge is 0.0577 e. The van der Waals surface area contributed by atoms with Gasteiger partial charge in [0, 0.05) is 62.9 Å². The molecule has 0 spiro atoms. The third-order valence-corrected chi connectivity index (χ3v) is 9.04. The van der Waals surface area contributed by atoms with Gasteiger partial charge in [0.2, 0.25) is 0 Å². The Labute approximate surface area is 282 Å². The van der Waals surface area contributed by atoms with Crippen molar-refractivity contribution < 1.29 is 0 Å². The molecule has 1 aromatic heterocycles. The summed E-state index contributed by atoms with van der Waals surface area (Å²) in [6.07, 6.45) is 29.0. The number of hydrogen-bond donors (Lipinski definition) is 2. The Bertz CT molecular complexity index is 1850. The molecular weight excluding hydrogens is 571 g/mol. The van der Waals surface area contributed by atoms with Crippen LogP contribution in [0.2, 0.25) is 0 Å². The van der Waals surface area contributed by atoms with Crippen LogP contribution < -0.4 is 5.32 Å². The van der Waals surface area contributed by atoms with Gasteiger partial charge >= 0.3 is 0 Å². The average molecular weight is 620 g/mol. The molecule has 0 radical (unpaired) electrons. The molecule has 0 bridgehead atoms. The van der Waals surface area contributed by atoms with E-state index in [-0.39, 0.29) is 0 Å². The molecule has 1 atom stereocenters. The van der Waals surface area contributed by atoms with Crippen molar-refractivity contribution >= 4 is 22.7 Å². The molecule has 3 aromatic rings. The summed E-state index contributed by atoms with van der Waals surface area (Å²) in [7, 11) is 0. The van der Waals surface area contributed by atoms with Crippen LogP contribution in [-0.2, 0) is 0 Å². The molecule has 0 saturated heterocycles. The number of fused-ring (bicyclic) bond motifs is 1. The summed E-state index contributed by atoms with van der Waals surface area (Å²) >= 11 is 0. The molecule has 2 aliphatic carbocycles. The number of benzene rings is 2. The van der Waals surface area contributed by atoms with Gasteiger partial charge in [0.15, 0.2) is 0 Å². The van der Waals surface area contributed by atoms with Gasteiger partial charge in [-0.05, 0) is 88.5 Å². The molecular formula is C44H49N3. The molecule has 0 amide bonds. The predicted molar refractivity (Wildman–Crippen MR) is 205 cm³/mol. The molecule has 240 valence electrons. The fraction of sp³-hybridized carbons (Fsp3) is 0.227. The maximum Gasteiger partial charge on any atom is 0.0577 e. The Morgan fingerprint density at radius 3 is 2.57 bits per heavy atom. The van der Waals surface area contributed by atoms with E-state index in [1.807, 2.05) is 18.2 Å². The van der Waals surface area contributed by atoms with E-state index in [1.54, 1.807) is 0 Å². The molecule has 0 aliphatic heterocycles. The lowest BCUT2D eigenvalue weighted by Gasteiger charge is -2.37. The molecule has 3 nitrogen and oxygen atoms in total. The minimum atomic E-state index is 0.296. The summed E-state index contributed by atoms with van der Waals surface area (Å²) in [5, 5.41) is 5.02. The molecule has 0 saturated carbocycles. The zero-order chi connectivity index (χ0) is 33.2. The Hall–Kier alpha value is -5.02. The molecule has 2 aromatic carbocycles. The van der Waals surface area contributed by atoms with E-state index in [2.05, 4.69) is 159 Å². The van der Waals surface area contributed by atoms with Crippen LogP contribution in [-0.4, -0.2) is 9.88 Å². The average Bonchev–Trinajstić information content (AvgIpc) is 3.19. The predicted octanol–water partition coefficient (Wildman–Crippen LogP) is 12.2. The van der Waals surface area contributed by atoms with Gasteiger partial charge < -0.3 is 15.2 Å². The van der Waals surface area contributed by atoms with Crippen molar-refractivity contribution in [3.05, 3.63) is 179 Å². The van der Waals surface area contributed by atoms with Crippen LogP contribution in [0.1, 0.15) is 64.1 Å². The molecule has 47 heavy (non-hydrogen) atoms. The first-order valence-corrected chi connectivity index (χ1v) is 16.9. The van der Waals surface area contributed by atoms with Gasteiger partial charge in [0.05, 0.1) is 5.70 Å². The number of aromatic nitrogens is 1. The zero-order valence-corrected chi connectivity index (χ0v) is 28.5. The van der Waals surface area contributed by atoms with E-state index in [0.717, 1.165) is 60.5 Å². The standard InChI is InChI=1S/C44H49N3/c1-7-20-37(21-8-2)47(44-32(5)22-19-28-41(38(44)10-4)46-36-24-14-12-15-25-36)43-29-16-11-13-23-35(43)30-34(9-3)31-40-33(6)45-42-27-18-17-26-39(40)42/h7-8,10-12,14-22,24-27,29,31,35,45-46H,1,4,9,13,23,28,30H2,2-3,5-6H3/b21-8-,34-31+,37-20+. The second kappa shape index (κ2) is 16.0. The number of nitrogens with zero attached hydrogens (tertiary/aromatic N) is 1. The van der Waals surface area contributed by atoms with Crippen molar-refractivity contribution in [2.45, 2.75) is 59.8 Å². The largest absolute Gasteiger partial charge is 0.358 e. The topological polar surface area (TPSA) is 31.1 Å². The number of aryl methyl sites for hydroxylation is 1. The van der Waals surface area contributed by atoms with Crippen molar-refractivity contribution in [3.8, 4) is 0 Å². The SMILES string of the molecule is C=C/C=C(\C=C/C)N(C1=CC=CCCC1C/C(=C/c1c(C)[nH]c2ccccc12)CC)C1=C(C)C=CCC(Nc2ccccc2)=C1C=C. The number of allylic oxidation sites excluding steroid dienone is 13. The normalized spacial score (nSPS) is 17.6. The minimum absolute atomic E-state index is 0.296. The highest BCUT2D eigenvalue weighted by Crippen LogP contribution is 2.41. The molecule has 2 N–H and O–H groups in total. The fourth-order valence-corrected chi connectivity index (χ4v) is 6.75. The molecule has 3 heteroatoms. The number of H-pyrrole nitrogens is 1. The van der Waals surface area contributed by atoms with E-state index in [9.17, 15) is 0 Å². The van der Waals surface area contributed by atoms with Crippen LogP contribution in [0.4, 0.5) is 5.69 Å². The van der Waals surface area contributed by atoms with Gasteiger partial charge in [-0.1, -0.05) is 111 Å². The van der Waals surface area contributed by atoms with E-state index in [0.29, 0.717) is 5.92 Å². The summed E-state index contributed by atoms with van der Waals surface area (Å²) < 4.78 is 0. The van der Waals surface area contributed by atoms with Crippen LogP contribution in [0.3, 0.4) is 0 Å². The summed E-state index contributed by atoms with van der Waals surface area (Å²) in [6, 6.07) is 19.0. The summed E-state index contributed by atoms with van der Waals surface area (Å²) in [5.41, 5.74) is 13.1. The van der Waals surface area contributed by atoms with Crippen molar-refractivity contribution in [3.63, 3.8) is 0 Å². The molecule has 0 fully saturated rings. The third kappa shape index (κ3) is 7.69. The maximum atomic E-state index is 4.37. The number of aromatic amines is 1. The second-order valence-electron chi connectivity index (χ2n) is 12.3. The molecule has 5 rings (SSSR count). The van der Waals surface area contributed by atoms with Crippen molar-refractivity contribution in [2.24, 2.45) is 5.92 Å². The monoisotopic (exact) mass is 619 g/mol. The fourth-order valence-electron chi connectivity index (χ4n) is 6.75. The lowest BCUT2D eigenvalue weighted by molar-refractivity contribution is 0.420. The van der Waals surface area contributed by atoms with E-state index in [4.69, 9.17) is 0 Å². The second-order valence-corrected chi connectivity index (χ2v) is 12.3. The Morgan fingerprint density at radius 2 is 1.83 bits per heavy atom. The van der Waals surface area contributed by atoms with Gasteiger partial charge in [-0.3, -0.25) is 0 Å². The Kier molecular flexibility index (Phi) is 11.4. The first-order chi connectivity index (χ1) is 23.0. The van der Waals surface area contributed by atoms with Crippen LogP contribution in [0.15, 0.2) is 168 Å². The van der Waals surface area contributed by atoms with Gasteiger partial charge in [0.1, 0.15) is 0 Å². The Morgan fingerprint density at radius 1 is 1.04 bits per heavy atom. The van der Waals surface area contributed by atoms with Crippen LogP contribution in [0.25, 0.3) is 17.0 Å². The quantitative estimate of drug-likeness (QED) is 0.198. The third-order valence-electron chi connectivity index (χ3n) is 9.04. The molecule has 2 aliphatic rings.